The molecule has 170 valence electrons. The van der Waals surface area contributed by atoms with Gasteiger partial charge in [0.25, 0.3) is 11.5 Å². The Morgan fingerprint density at radius 3 is 2.24 bits per heavy atom. The summed E-state index contributed by atoms with van der Waals surface area (Å²) in [5.74, 6) is -1.52. The maximum absolute atomic E-state index is 14.0. The van der Waals surface area contributed by atoms with Gasteiger partial charge in [0.15, 0.2) is 0 Å². The molecule has 0 aliphatic heterocycles. The number of fused-ring (bicyclic) bond motifs is 4. The Kier molecular flexibility index (Phi) is 5.17. The zero-order chi connectivity index (χ0) is 24.0. The smallest absolute Gasteiger partial charge is 0.336 e. The highest BCUT2D eigenvalue weighted by molar-refractivity contribution is 6.17. The normalized spacial score (nSPS) is 11.5. The van der Waals surface area contributed by atoms with Crippen LogP contribution in [0.1, 0.15) is 34.6 Å². The maximum Gasteiger partial charge on any atom is 0.336 e. The fourth-order valence-electron chi connectivity index (χ4n) is 4.49. The lowest BCUT2D eigenvalue weighted by Gasteiger charge is -2.27. The number of aromatic carboxylic acids is 1. The number of carbonyl (C=O) groups is 2. The van der Waals surface area contributed by atoms with Gasteiger partial charge in [0, 0.05) is 17.3 Å². The fraction of sp³-hybridized carbons (Fsp3) is 0.148. The number of anilines is 1. The Hall–Kier alpha value is -4.39. The predicted octanol–water partition coefficient (Wildman–Crippen LogP) is 4.94. The molecule has 2 aromatic heterocycles. The second kappa shape index (κ2) is 8.19. The average Bonchev–Trinajstić information content (AvgIpc) is 3.22. The summed E-state index contributed by atoms with van der Waals surface area (Å²) in [5.41, 5.74) is 2.36. The number of pyridine rings is 1. The van der Waals surface area contributed by atoms with Gasteiger partial charge in [0.2, 0.25) is 0 Å². The fourth-order valence-corrected chi connectivity index (χ4v) is 4.49. The van der Waals surface area contributed by atoms with E-state index in [1.807, 2.05) is 50.2 Å². The number of carbonyl (C=O) groups excluding carboxylic acids is 1. The van der Waals surface area contributed by atoms with Gasteiger partial charge in [0.1, 0.15) is 5.65 Å². The second-order valence-electron chi connectivity index (χ2n) is 8.69. The Morgan fingerprint density at radius 2 is 1.53 bits per heavy atom. The number of carboxylic acids is 1. The van der Waals surface area contributed by atoms with Crippen LogP contribution in [0, 0.1) is 5.92 Å². The largest absolute Gasteiger partial charge is 0.478 e. The van der Waals surface area contributed by atoms with Gasteiger partial charge in [-0.3, -0.25) is 14.0 Å². The topological polar surface area (TPSA) is 94.9 Å². The van der Waals surface area contributed by atoms with Crippen molar-refractivity contribution in [2.45, 2.75) is 13.8 Å². The zero-order valence-electron chi connectivity index (χ0n) is 18.8. The van der Waals surface area contributed by atoms with E-state index in [0.29, 0.717) is 34.2 Å². The van der Waals surface area contributed by atoms with Crippen LogP contribution in [0.5, 0.6) is 0 Å². The molecule has 0 fully saturated rings. The molecule has 2 heterocycles. The summed E-state index contributed by atoms with van der Waals surface area (Å²) in [6.45, 7) is 4.31. The first-order valence-corrected chi connectivity index (χ1v) is 11.1. The van der Waals surface area contributed by atoms with Crippen molar-refractivity contribution in [2.75, 3.05) is 11.4 Å². The molecule has 1 amide bonds. The summed E-state index contributed by atoms with van der Waals surface area (Å²) in [6.07, 6.45) is 0. The van der Waals surface area contributed by atoms with Crippen molar-refractivity contribution in [3.8, 4) is 0 Å². The van der Waals surface area contributed by atoms with Gasteiger partial charge in [0.05, 0.1) is 27.8 Å². The molecule has 0 bridgehead atoms. The molecular weight excluding hydrogens is 430 g/mol. The number of carboxylic acid groups (broad SMARTS) is 1. The predicted molar refractivity (Wildman–Crippen MR) is 133 cm³/mol. The summed E-state index contributed by atoms with van der Waals surface area (Å²) in [4.78, 5) is 44.3. The molecule has 0 saturated carbocycles. The van der Waals surface area contributed by atoms with E-state index in [0.717, 1.165) is 5.52 Å². The highest BCUT2D eigenvalue weighted by atomic mass is 16.4. The first-order valence-electron chi connectivity index (χ1n) is 11.1. The quantitative estimate of drug-likeness (QED) is 0.394. The molecule has 0 spiro atoms. The third-order valence-electron chi connectivity index (χ3n) is 5.91. The SMILES string of the molecule is CC(C)CN(C(=O)c1ccccc1C(=O)O)c1c2ccccc2c(=O)n2c1[nH]c1ccccc12. The number of para-hydroxylation sites is 2. The summed E-state index contributed by atoms with van der Waals surface area (Å²) in [5, 5.41) is 10.8. The van der Waals surface area contributed by atoms with Crippen molar-refractivity contribution < 1.29 is 14.7 Å². The second-order valence-corrected chi connectivity index (χ2v) is 8.69. The molecule has 2 N–H and O–H groups in total. The number of rotatable bonds is 5. The van der Waals surface area contributed by atoms with Crippen LogP contribution in [-0.4, -0.2) is 32.9 Å². The van der Waals surface area contributed by atoms with E-state index in [-0.39, 0.29) is 22.6 Å². The highest BCUT2D eigenvalue weighted by Crippen LogP contribution is 2.33. The van der Waals surface area contributed by atoms with E-state index < -0.39 is 11.9 Å². The monoisotopic (exact) mass is 453 g/mol. The van der Waals surface area contributed by atoms with Gasteiger partial charge in [-0.15, -0.1) is 0 Å². The van der Waals surface area contributed by atoms with E-state index in [9.17, 15) is 19.5 Å². The van der Waals surface area contributed by atoms with E-state index in [1.165, 1.54) is 12.1 Å². The Labute approximate surface area is 194 Å². The molecule has 5 aromatic rings. The number of benzene rings is 3. The molecule has 5 rings (SSSR count). The van der Waals surface area contributed by atoms with Crippen LogP contribution in [0.25, 0.3) is 27.5 Å². The first kappa shape index (κ1) is 21.5. The van der Waals surface area contributed by atoms with Gasteiger partial charge in [-0.1, -0.05) is 56.3 Å². The van der Waals surface area contributed by atoms with Gasteiger partial charge >= 0.3 is 5.97 Å². The molecule has 0 aliphatic rings. The average molecular weight is 453 g/mol. The van der Waals surface area contributed by atoms with Crippen LogP contribution >= 0.6 is 0 Å². The van der Waals surface area contributed by atoms with Crippen LogP contribution in [0.15, 0.2) is 77.6 Å². The maximum atomic E-state index is 14.0. The van der Waals surface area contributed by atoms with E-state index in [2.05, 4.69) is 4.98 Å². The molecule has 7 nitrogen and oxygen atoms in total. The number of hydrogen-bond acceptors (Lipinski definition) is 3. The Balaban J connectivity index is 1.89. The molecule has 0 saturated heterocycles. The van der Waals surface area contributed by atoms with Crippen molar-refractivity contribution in [1.29, 1.82) is 0 Å². The Bertz CT molecular complexity index is 1640. The van der Waals surface area contributed by atoms with E-state index in [4.69, 9.17) is 0 Å². The lowest BCUT2D eigenvalue weighted by molar-refractivity contribution is 0.0692. The Morgan fingerprint density at radius 1 is 0.912 bits per heavy atom. The van der Waals surface area contributed by atoms with Crippen LogP contribution in [-0.2, 0) is 0 Å². The standard InChI is InChI=1S/C27H23N3O4/c1-16(2)15-29(25(31)19-11-5-6-12-20(19)27(33)34)23-17-9-3-4-10-18(17)26(32)30-22-14-8-7-13-21(22)28-24(23)30/h3-14,16,28H,15H2,1-2H3,(H,33,34). The van der Waals surface area contributed by atoms with Gasteiger partial charge < -0.3 is 15.0 Å². The van der Waals surface area contributed by atoms with Gasteiger partial charge in [-0.2, -0.15) is 0 Å². The third kappa shape index (κ3) is 3.33. The van der Waals surface area contributed by atoms with Crippen molar-refractivity contribution >= 4 is 45.0 Å². The molecule has 34 heavy (non-hydrogen) atoms. The number of amides is 1. The number of H-pyrrole nitrogens is 1. The number of imidazole rings is 1. The minimum absolute atomic E-state index is 0.0634. The minimum Gasteiger partial charge on any atom is -0.478 e. The van der Waals surface area contributed by atoms with Crippen LogP contribution in [0.3, 0.4) is 0 Å². The number of nitrogens with one attached hydrogen (secondary N) is 1. The summed E-state index contributed by atoms with van der Waals surface area (Å²) in [7, 11) is 0. The minimum atomic E-state index is -1.17. The summed E-state index contributed by atoms with van der Waals surface area (Å²) in [6, 6.07) is 20.9. The highest BCUT2D eigenvalue weighted by Gasteiger charge is 2.28. The summed E-state index contributed by atoms with van der Waals surface area (Å²) < 4.78 is 1.59. The number of aromatic amines is 1. The van der Waals surface area contributed by atoms with Crippen LogP contribution in [0.2, 0.25) is 0 Å². The summed E-state index contributed by atoms with van der Waals surface area (Å²) >= 11 is 0. The van der Waals surface area contributed by atoms with Crippen molar-refractivity contribution in [2.24, 2.45) is 5.92 Å². The van der Waals surface area contributed by atoms with E-state index >= 15 is 0 Å². The number of nitrogens with zero attached hydrogens (tertiary/aromatic N) is 2. The van der Waals surface area contributed by atoms with E-state index in [1.54, 1.807) is 33.6 Å². The molecule has 0 aliphatic carbocycles. The molecule has 0 radical (unpaired) electrons. The molecule has 3 aromatic carbocycles. The third-order valence-corrected chi connectivity index (χ3v) is 5.91. The molecular formula is C27H23N3O4. The lowest BCUT2D eigenvalue weighted by atomic mass is 10.0. The lowest BCUT2D eigenvalue weighted by Crippen LogP contribution is -2.36. The first-order chi connectivity index (χ1) is 16.4. The van der Waals surface area contributed by atoms with Crippen molar-refractivity contribution in [3.05, 3.63) is 94.3 Å². The van der Waals surface area contributed by atoms with Crippen LogP contribution in [0.4, 0.5) is 5.69 Å². The molecule has 0 atom stereocenters. The van der Waals surface area contributed by atoms with Crippen molar-refractivity contribution in [1.82, 2.24) is 9.38 Å². The number of hydrogen-bond donors (Lipinski definition) is 2. The molecule has 0 unspecified atom stereocenters. The van der Waals surface area contributed by atoms with Gasteiger partial charge in [-0.05, 0) is 36.2 Å². The van der Waals surface area contributed by atoms with Crippen LogP contribution < -0.4 is 10.5 Å². The van der Waals surface area contributed by atoms with Crippen molar-refractivity contribution in [3.63, 3.8) is 0 Å². The van der Waals surface area contributed by atoms with Gasteiger partial charge in [-0.25, -0.2) is 4.79 Å². The number of aromatic nitrogens is 2. The molecule has 7 heteroatoms. The zero-order valence-corrected chi connectivity index (χ0v) is 18.8.